The molecule has 3 rings (SSSR count). The molecule has 0 saturated carbocycles. The molecule has 0 unspecified atom stereocenters. The van der Waals surface area contributed by atoms with Gasteiger partial charge in [-0.3, -0.25) is 9.59 Å². The Kier molecular flexibility index (Phi) is 5.63. The average molecular weight is 392 g/mol. The molecule has 2 aromatic carbocycles. The number of nitrogens with two attached hydrogens (primary N) is 1. The highest BCUT2D eigenvalue weighted by molar-refractivity contribution is 6.06. The van der Waals surface area contributed by atoms with Gasteiger partial charge in [-0.05, 0) is 62.1 Å². The number of amides is 2. The summed E-state index contributed by atoms with van der Waals surface area (Å²) in [5.74, 6) is -0.752. The van der Waals surface area contributed by atoms with E-state index in [0.717, 1.165) is 27.9 Å². The number of aromatic nitrogens is 3. The Hall–Kier alpha value is -3.68. The minimum absolute atomic E-state index is 0.0227. The summed E-state index contributed by atoms with van der Waals surface area (Å²) < 4.78 is 1.21. The smallest absolute Gasteiger partial charge is 0.280 e. The number of nitrogen functional groups attached to an aromatic ring is 1. The summed E-state index contributed by atoms with van der Waals surface area (Å²) in [6, 6.07) is 11.4. The van der Waals surface area contributed by atoms with E-state index >= 15 is 0 Å². The molecule has 2 amide bonds. The Morgan fingerprint density at radius 3 is 2.52 bits per heavy atom. The lowest BCUT2D eigenvalue weighted by Crippen LogP contribution is -2.22. The predicted octanol–water partition coefficient (Wildman–Crippen LogP) is 2.98. The minimum atomic E-state index is -0.475. The van der Waals surface area contributed by atoms with Gasteiger partial charge in [0, 0.05) is 11.4 Å². The first-order valence-corrected chi connectivity index (χ1v) is 9.20. The topological polar surface area (TPSA) is 115 Å². The maximum atomic E-state index is 12.6. The molecule has 150 valence electrons. The Balaban J connectivity index is 1.71. The lowest BCUT2D eigenvalue weighted by atomic mass is 10.1. The van der Waals surface area contributed by atoms with Gasteiger partial charge >= 0.3 is 0 Å². The van der Waals surface area contributed by atoms with E-state index in [4.69, 9.17) is 5.73 Å². The van der Waals surface area contributed by atoms with Crippen molar-refractivity contribution >= 4 is 29.0 Å². The van der Waals surface area contributed by atoms with Crippen LogP contribution in [0, 0.1) is 27.7 Å². The van der Waals surface area contributed by atoms with Gasteiger partial charge in [0.15, 0.2) is 11.5 Å². The van der Waals surface area contributed by atoms with Crippen molar-refractivity contribution in [3.8, 4) is 0 Å². The van der Waals surface area contributed by atoms with Crippen LogP contribution in [0.15, 0.2) is 36.4 Å². The number of carbonyl (C=O) groups is 2. The van der Waals surface area contributed by atoms with Crippen LogP contribution in [-0.4, -0.2) is 26.8 Å². The number of nitrogens with one attached hydrogen (secondary N) is 2. The monoisotopic (exact) mass is 392 g/mol. The van der Waals surface area contributed by atoms with Crippen molar-refractivity contribution in [1.82, 2.24) is 15.0 Å². The zero-order chi connectivity index (χ0) is 21.1. The molecular formula is C21H24N6O2. The Labute approximate surface area is 169 Å². The third-order valence-corrected chi connectivity index (χ3v) is 4.80. The average Bonchev–Trinajstić information content (AvgIpc) is 3.02. The quantitative estimate of drug-likeness (QED) is 0.617. The summed E-state index contributed by atoms with van der Waals surface area (Å²) >= 11 is 0. The van der Waals surface area contributed by atoms with Crippen molar-refractivity contribution in [2.75, 3.05) is 16.4 Å². The molecule has 0 spiro atoms. The normalized spacial score (nSPS) is 10.6. The van der Waals surface area contributed by atoms with Gasteiger partial charge in [0.25, 0.3) is 5.91 Å². The lowest BCUT2D eigenvalue weighted by Gasteiger charge is -2.10. The molecule has 8 heteroatoms. The molecular weight excluding hydrogens is 368 g/mol. The van der Waals surface area contributed by atoms with E-state index in [1.165, 1.54) is 4.68 Å². The van der Waals surface area contributed by atoms with E-state index in [1.54, 1.807) is 6.07 Å². The van der Waals surface area contributed by atoms with Crippen molar-refractivity contribution in [3.05, 3.63) is 64.3 Å². The number of hydrogen-bond acceptors (Lipinski definition) is 5. The summed E-state index contributed by atoms with van der Waals surface area (Å²) in [6.45, 7) is 7.59. The first-order chi connectivity index (χ1) is 13.8. The Morgan fingerprint density at radius 2 is 1.76 bits per heavy atom. The maximum absolute atomic E-state index is 12.6. The van der Waals surface area contributed by atoms with Crippen molar-refractivity contribution in [2.24, 2.45) is 0 Å². The first-order valence-electron chi connectivity index (χ1n) is 9.20. The minimum Gasteiger partial charge on any atom is -0.382 e. The van der Waals surface area contributed by atoms with Crippen molar-refractivity contribution in [3.63, 3.8) is 0 Å². The van der Waals surface area contributed by atoms with Crippen molar-refractivity contribution < 1.29 is 9.59 Å². The van der Waals surface area contributed by atoms with Crippen molar-refractivity contribution in [1.29, 1.82) is 0 Å². The largest absolute Gasteiger partial charge is 0.382 e. The number of benzene rings is 2. The Morgan fingerprint density at radius 1 is 1.00 bits per heavy atom. The fourth-order valence-electron chi connectivity index (χ4n) is 2.86. The zero-order valence-electron chi connectivity index (χ0n) is 16.9. The molecule has 0 bridgehead atoms. The summed E-state index contributed by atoms with van der Waals surface area (Å²) in [4.78, 5) is 25.0. The zero-order valence-corrected chi connectivity index (χ0v) is 16.9. The first kappa shape index (κ1) is 20.1. The third-order valence-electron chi connectivity index (χ3n) is 4.80. The highest BCUT2D eigenvalue weighted by Crippen LogP contribution is 2.20. The van der Waals surface area contributed by atoms with E-state index in [0.29, 0.717) is 5.69 Å². The van der Waals surface area contributed by atoms with Gasteiger partial charge in [-0.25, -0.2) is 4.68 Å². The molecule has 1 heterocycles. The number of nitrogens with zero attached hydrogens (tertiary/aromatic N) is 3. The molecule has 3 aromatic rings. The van der Waals surface area contributed by atoms with Crippen LogP contribution in [0.3, 0.4) is 0 Å². The molecule has 0 saturated heterocycles. The van der Waals surface area contributed by atoms with E-state index in [1.807, 2.05) is 58.0 Å². The Bertz CT molecular complexity index is 1090. The van der Waals surface area contributed by atoms with Crippen molar-refractivity contribution in [2.45, 2.75) is 34.2 Å². The molecule has 0 aliphatic heterocycles. The molecule has 1 aromatic heterocycles. The van der Waals surface area contributed by atoms with Gasteiger partial charge in [0.05, 0.1) is 0 Å². The number of hydrogen-bond donors (Lipinski definition) is 3. The predicted molar refractivity (Wildman–Crippen MR) is 113 cm³/mol. The van der Waals surface area contributed by atoms with Gasteiger partial charge in [-0.2, -0.15) is 0 Å². The fraction of sp³-hybridized carbons (Fsp3) is 0.238. The SMILES string of the molecule is Cc1ccc(C)c(NC(=O)Cn2nnc(C(=O)Nc3cccc(C)c3C)c2N)c1. The van der Waals surface area contributed by atoms with E-state index in [9.17, 15) is 9.59 Å². The second kappa shape index (κ2) is 8.14. The second-order valence-electron chi connectivity index (χ2n) is 7.05. The summed E-state index contributed by atoms with van der Waals surface area (Å²) in [6.07, 6.45) is 0. The van der Waals surface area contributed by atoms with Crippen LogP contribution in [-0.2, 0) is 11.3 Å². The number of carbonyl (C=O) groups excluding carboxylic acids is 2. The van der Waals surface area contributed by atoms with Gasteiger partial charge < -0.3 is 16.4 Å². The maximum Gasteiger partial charge on any atom is 0.280 e. The number of aryl methyl sites for hydroxylation is 3. The second-order valence-corrected chi connectivity index (χ2v) is 7.05. The van der Waals surface area contributed by atoms with Gasteiger partial charge in [0.2, 0.25) is 5.91 Å². The molecule has 8 nitrogen and oxygen atoms in total. The summed E-state index contributed by atoms with van der Waals surface area (Å²) in [7, 11) is 0. The van der Waals surface area contributed by atoms with Crippen LogP contribution in [0.25, 0.3) is 0 Å². The standard InChI is InChI=1S/C21H24N6O2/c1-12-8-9-14(3)17(10-12)23-18(28)11-27-20(22)19(25-26-27)21(29)24-16-7-5-6-13(2)15(16)4/h5-10H,11,22H2,1-4H3,(H,23,28)(H,24,29). The summed E-state index contributed by atoms with van der Waals surface area (Å²) in [5.41, 5.74) is 11.4. The van der Waals surface area contributed by atoms with E-state index < -0.39 is 5.91 Å². The molecule has 29 heavy (non-hydrogen) atoms. The molecule has 0 fully saturated rings. The van der Waals surface area contributed by atoms with Gasteiger partial charge in [0.1, 0.15) is 6.54 Å². The summed E-state index contributed by atoms with van der Waals surface area (Å²) in [5, 5.41) is 13.3. The van der Waals surface area contributed by atoms with Crippen LogP contribution in [0.4, 0.5) is 17.2 Å². The van der Waals surface area contributed by atoms with E-state index in [-0.39, 0.29) is 24.0 Å². The highest BCUT2D eigenvalue weighted by atomic mass is 16.2. The van der Waals surface area contributed by atoms with Crippen LogP contribution < -0.4 is 16.4 Å². The van der Waals surface area contributed by atoms with Crippen LogP contribution >= 0.6 is 0 Å². The van der Waals surface area contributed by atoms with Crippen LogP contribution in [0.5, 0.6) is 0 Å². The molecule has 0 aliphatic rings. The molecule has 0 radical (unpaired) electrons. The number of rotatable bonds is 5. The van der Waals surface area contributed by atoms with Gasteiger partial charge in [-0.15, -0.1) is 5.10 Å². The van der Waals surface area contributed by atoms with Crippen LogP contribution in [0.1, 0.15) is 32.7 Å². The molecule has 4 N–H and O–H groups in total. The highest BCUT2D eigenvalue weighted by Gasteiger charge is 2.20. The molecule has 0 atom stereocenters. The third kappa shape index (κ3) is 4.43. The van der Waals surface area contributed by atoms with Crippen LogP contribution in [0.2, 0.25) is 0 Å². The lowest BCUT2D eigenvalue weighted by molar-refractivity contribution is -0.116. The van der Waals surface area contributed by atoms with Gasteiger partial charge in [-0.1, -0.05) is 29.5 Å². The fourth-order valence-corrected chi connectivity index (χ4v) is 2.86. The molecule has 0 aliphatic carbocycles. The van der Waals surface area contributed by atoms with E-state index in [2.05, 4.69) is 20.9 Å². The number of anilines is 3.